The Morgan fingerprint density at radius 3 is 1.19 bits per heavy atom. The van der Waals surface area contributed by atoms with Crippen molar-refractivity contribution in [2.24, 2.45) is 0 Å². The zero-order valence-corrected chi connectivity index (χ0v) is 42.5. The van der Waals surface area contributed by atoms with E-state index in [9.17, 15) is 19.0 Å². The number of unbranched alkanes of at least 4 members (excludes halogenated alkanes) is 33. The lowest BCUT2D eigenvalue weighted by Crippen LogP contribution is -2.37. The molecule has 0 bridgehead atoms. The van der Waals surface area contributed by atoms with Gasteiger partial charge in [-0.3, -0.25) is 14.2 Å². The first-order chi connectivity index (χ1) is 30.0. The van der Waals surface area contributed by atoms with E-state index < -0.39 is 26.5 Å². The van der Waals surface area contributed by atoms with Crippen LogP contribution in [0.5, 0.6) is 0 Å². The van der Waals surface area contributed by atoms with Gasteiger partial charge in [-0.15, -0.1) is 0 Å². The Kier molecular flexibility index (Phi) is 44.0. The number of ether oxygens (including phenoxy) is 2. The molecule has 0 spiro atoms. The molecular weight excluding hydrogens is 798 g/mol. The van der Waals surface area contributed by atoms with Gasteiger partial charge >= 0.3 is 11.9 Å². The van der Waals surface area contributed by atoms with Crippen LogP contribution in [0.2, 0.25) is 0 Å². The zero-order chi connectivity index (χ0) is 45.7. The van der Waals surface area contributed by atoms with Gasteiger partial charge < -0.3 is 27.9 Å². The van der Waals surface area contributed by atoms with E-state index in [-0.39, 0.29) is 32.0 Å². The van der Waals surface area contributed by atoms with Crippen molar-refractivity contribution < 1.29 is 42.1 Å². The summed E-state index contributed by atoms with van der Waals surface area (Å²) in [6.45, 7) is 4.28. The van der Waals surface area contributed by atoms with Gasteiger partial charge in [-0.25, -0.2) is 0 Å². The molecule has 1 unspecified atom stereocenters. The van der Waals surface area contributed by atoms with Gasteiger partial charge in [0, 0.05) is 12.8 Å². The van der Waals surface area contributed by atoms with E-state index in [4.69, 9.17) is 18.5 Å². The summed E-state index contributed by atoms with van der Waals surface area (Å²) in [4.78, 5) is 37.7. The van der Waals surface area contributed by atoms with Crippen molar-refractivity contribution in [3.05, 3.63) is 12.2 Å². The van der Waals surface area contributed by atoms with Crippen LogP contribution in [0.1, 0.15) is 258 Å². The molecule has 0 aliphatic heterocycles. The Bertz CT molecular complexity index is 1060. The summed E-state index contributed by atoms with van der Waals surface area (Å²) in [6.07, 6.45) is 49.5. The molecule has 0 saturated carbocycles. The number of carbonyl (C=O) groups excluding carboxylic acids is 2. The molecule has 0 saturated heterocycles. The molecule has 9 nitrogen and oxygen atoms in total. The van der Waals surface area contributed by atoms with Crippen molar-refractivity contribution in [3.8, 4) is 0 Å². The number of carbonyl (C=O) groups is 2. The predicted octanol–water partition coefficient (Wildman–Crippen LogP) is 15.1. The fraction of sp³-hybridized carbons (Fsp3) is 0.923. The van der Waals surface area contributed by atoms with E-state index >= 15 is 0 Å². The first kappa shape index (κ1) is 60.8. The maximum Gasteiger partial charge on any atom is 0.306 e. The molecule has 0 radical (unpaired) electrons. The van der Waals surface area contributed by atoms with Crippen LogP contribution in [-0.4, -0.2) is 70.0 Å². The summed E-state index contributed by atoms with van der Waals surface area (Å²) >= 11 is 0. The summed E-state index contributed by atoms with van der Waals surface area (Å²) in [7, 11) is 1.18. The molecule has 10 heteroatoms. The monoisotopic (exact) mass is 900 g/mol. The number of hydrogen-bond acceptors (Lipinski definition) is 8. The summed E-state index contributed by atoms with van der Waals surface area (Å²) < 4.78 is 34.1. The molecule has 0 N–H and O–H groups in total. The molecule has 62 heavy (non-hydrogen) atoms. The van der Waals surface area contributed by atoms with Crippen molar-refractivity contribution in [1.82, 2.24) is 0 Å². The number of phosphoric acid groups is 1. The van der Waals surface area contributed by atoms with Crippen molar-refractivity contribution in [1.29, 1.82) is 0 Å². The van der Waals surface area contributed by atoms with Crippen molar-refractivity contribution >= 4 is 19.8 Å². The molecule has 0 rings (SSSR count). The van der Waals surface area contributed by atoms with Crippen LogP contribution >= 0.6 is 7.82 Å². The summed E-state index contributed by atoms with van der Waals surface area (Å²) in [5.41, 5.74) is 0. The van der Waals surface area contributed by atoms with E-state index in [0.29, 0.717) is 17.4 Å². The van der Waals surface area contributed by atoms with Gasteiger partial charge in [0.1, 0.15) is 19.8 Å². The third-order valence-corrected chi connectivity index (χ3v) is 12.7. The molecule has 0 aromatic heterocycles. The maximum absolute atomic E-state index is 12.7. The van der Waals surface area contributed by atoms with E-state index in [1.165, 1.54) is 193 Å². The predicted molar refractivity (Wildman–Crippen MR) is 259 cm³/mol. The van der Waals surface area contributed by atoms with E-state index in [1.807, 2.05) is 21.1 Å². The number of phosphoric ester groups is 1. The lowest BCUT2D eigenvalue weighted by molar-refractivity contribution is -0.870. The second-order valence-electron chi connectivity index (χ2n) is 19.2. The summed E-state index contributed by atoms with van der Waals surface area (Å²) in [6, 6.07) is 0. The second kappa shape index (κ2) is 44.9. The molecule has 368 valence electrons. The number of rotatable bonds is 49. The largest absolute Gasteiger partial charge is 0.756 e. The lowest BCUT2D eigenvalue weighted by atomic mass is 10.0. The van der Waals surface area contributed by atoms with Crippen molar-refractivity contribution in [2.45, 2.75) is 264 Å². The van der Waals surface area contributed by atoms with Gasteiger partial charge in [-0.1, -0.05) is 219 Å². The van der Waals surface area contributed by atoms with E-state index in [2.05, 4.69) is 26.0 Å². The third kappa shape index (κ3) is 48.2. The molecule has 0 aromatic carbocycles. The van der Waals surface area contributed by atoms with Crippen molar-refractivity contribution in [3.63, 3.8) is 0 Å². The minimum absolute atomic E-state index is 0.0271. The molecular formula is C52H102NO8P. The molecule has 0 fully saturated rings. The highest BCUT2D eigenvalue weighted by Crippen LogP contribution is 2.38. The first-order valence-corrected chi connectivity index (χ1v) is 27.9. The Labute approximate surface area is 384 Å². The fourth-order valence-corrected chi connectivity index (χ4v) is 8.38. The highest BCUT2D eigenvalue weighted by Gasteiger charge is 2.21. The molecule has 0 heterocycles. The summed E-state index contributed by atoms with van der Waals surface area (Å²) in [5, 5.41) is 0. The highest BCUT2D eigenvalue weighted by atomic mass is 31.2. The molecule has 0 amide bonds. The normalized spacial score (nSPS) is 13.5. The minimum Gasteiger partial charge on any atom is -0.756 e. The molecule has 0 aliphatic rings. The topological polar surface area (TPSA) is 111 Å². The van der Waals surface area contributed by atoms with Gasteiger partial charge in [0.05, 0.1) is 27.7 Å². The second-order valence-corrected chi connectivity index (χ2v) is 20.7. The number of allylic oxidation sites excluding steroid dienone is 2. The van der Waals surface area contributed by atoms with Crippen LogP contribution in [0.3, 0.4) is 0 Å². The molecule has 0 aromatic rings. The Morgan fingerprint density at radius 2 is 0.823 bits per heavy atom. The van der Waals surface area contributed by atoms with Crippen LogP contribution in [0.25, 0.3) is 0 Å². The maximum atomic E-state index is 12.7. The zero-order valence-electron chi connectivity index (χ0n) is 41.6. The average molecular weight is 900 g/mol. The van der Waals surface area contributed by atoms with Crippen LogP contribution < -0.4 is 4.89 Å². The third-order valence-electron chi connectivity index (χ3n) is 11.8. The lowest BCUT2D eigenvalue weighted by Gasteiger charge is -2.28. The molecule has 0 aliphatic carbocycles. The smallest absolute Gasteiger partial charge is 0.306 e. The quantitative estimate of drug-likeness (QED) is 0.0195. The van der Waals surface area contributed by atoms with Gasteiger partial charge in [-0.05, 0) is 38.5 Å². The highest BCUT2D eigenvalue weighted by molar-refractivity contribution is 7.45. The number of likely N-dealkylation sites (N-methyl/N-ethyl adjacent to an activating group) is 1. The number of quaternary nitrogens is 1. The fourth-order valence-electron chi connectivity index (χ4n) is 7.65. The standard InChI is InChI=1S/C52H102NO8P/c1-6-8-10-12-14-16-18-20-22-24-25-26-27-29-30-32-34-36-38-40-42-44-51(54)58-48-50(49-60-62(56,57)59-47-46-53(3,4)5)61-52(55)45-43-41-39-37-35-33-31-28-23-21-19-17-15-13-11-9-7-2/h20,22,50H,6-19,21,23-49H2,1-5H3/b22-20+/t50-/m1/s1. The number of esters is 2. The first-order valence-electron chi connectivity index (χ1n) is 26.4. The van der Waals surface area contributed by atoms with E-state index in [0.717, 1.165) is 32.1 Å². The summed E-state index contributed by atoms with van der Waals surface area (Å²) in [5.74, 6) is -0.818. The number of nitrogens with zero attached hydrogens (tertiary/aromatic N) is 1. The van der Waals surface area contributed by atoms with Gasteiger partial charge in [0.25, 0.3) is 7.82 Å². The number of hydrogen-bond donors (Lipinski definition) is 0. The SMILES string of the molecule is CCCCCCCC/C=C/CCCCCCCCCCCCCC(=O)OC[C@H](COP(=O)([O-])OCC[N+](C)(C)C)OC(=O)CCCCCCCCCCCCCCCCCCC. The van der Waals surface area contributed by atoms with Crippen LogP contribution in [-0.2, 0) is 32.7 Å². The van der Waals surface area contributed by atoms with Crippen LogP contribution in [0.4, 0.5) is 0 Å². The van der Waals surface area contributed by atoms with Crippen LogP contribution in [0, 0.1) is 0 Å². The van der Waals surface area contributed by atoms with Gasteiger partial charge in [0.2, 0.25) is 0 Å². The average Bonchev–Trinajstić information content (AvgIpc) is 3.23. The van der Waals surface area contributed by atoms with Crippen molar-refractivity contribution in [2.75, 3.05) is 47.5 Å². The van der Waals surface area contributed by atoms with Crippen LogP contribution in [0.15, 0.2) is 12.2 Å². The Morgan fingerprint density at radius 1 is 0.484 bits per heavy atom. The van der Waals surface area contributed by atoms with E-state index in [1.54, 1.807) is 0 Å². The van der Waals surface area contributed by atoms with Gasteiger partial charge in [-0.2, -0.15) is 0 Å². The minimum atomic E-state index is -4.62. The molecule has 2 atom stereocenters. The van der Waals surface area contributed by atoms with Gasteiger partial charge in [0.15, 0.2) is 6.10 Å². The Balaban J connectivity index is 4.19. The Hall–Kier alpha value is -1.25.